The molecule has 0 atom stereocenters. The Morgan fingerprint density at radius 1 is 1.05 bits per heavy atom. The minimum atomic E-state index is -0.697. The molecule has 0 unspecified atom stereocenters. The molecule has 0 fully saturated rings. The van der Waals surface area contributed by atoms with Crippen LogP contribution in [0.25, 0.3) is 0 Å². The van der Waals surface area contributed by atoms with Gasteiger partial charge in [-0.1, -0.05) is 30.7 Å². The molecule has 0 saturated heterocycles. The molecule has 0 aromatic heterocycles. The average Bonchev–Trinajstić information content (AvgIpc) is 2.46. The standard InChI is InChI=1S/C16H16ClF2NO/c1-2-20-9-12-7-14(18)16(15(19)8-12)21-10-11-3-5-13(17)6-4-11/h3-8,20H,2,9-10H2,1H3. The van der Waals surface area contributed by atoms with Gasteiger partial charge in [0.1, 0.15) is 6.61 Å². The molecule has 0 radical (unpaired) electrons. The molecule has 5 heteroatoms. The molecule has 0 heterocycles. The van der Waals surface area contributed by atoms with E-state index in [9.17, 15) is 8.78 Å². The molecule has 0 saturated carbocycles. The van der Waals surface area contributed by atoms with E-state index in [4.69, 9.17) is 16.3 Å². The second-order valence-electron chi connectivity index (χ2n) is 4.58. The number of rotatable bonds is 6. The summed E-state index contributed by atoms with van der Waals surface area (Å²) in [6.07, 6.45) is 0. The number of hydrogen-bond acceptors (Lipinski definition) is 2. The molecule has 2 nitrogen and oxygen atoms in total. The first-order chi connectivity index (χ1) is 10.1. The predicted octanol–water partition coefficient (Wildman–Crippen LogP) is 4.31. The van der Waals surface area contributed by atoms with Gasteiger partial charge in [0, 0.05) is 11.6 Å². The summed E-state index contributed by atoms with van der Waals surface area (Å²) in [5.74, 6) is -1.75. The van der Waals surface area contributed by atoms with E-state index in [0.717, 1.165) is 12.1 Å². The van der Waals surface area contributed by atoms with Crippen LogP contribution in [0.1, 0.15) is 18.1 Å². The van der Waals surface area contributed by atoms with Gasteiger partial charge in [0.05, 0.1) is 0 Å². The topological polar surface area (TPSA) is 21.3 Å². The largest absolute Gasteiger partial charge is 0.483 e. The first kappa shape index (κ1) is 15.7. The predicted molar refractivity (Wildman–Crippen MR) is 79.5 cm³/mol. The van der Waals surface area contributed by atoms with Crippen molar-refractivity contribution in [3.63, 3.8) is 0 Å². The van der Waals surface area contributed by atoms with E-state index in [1.807, 2.05) is 6.92 Å². The highest BCUT2D eigenvalue weighted by molar-refractivity contribution is 6.30. The van der Waals surface area contributed by atoms with E-state index in [1.165, 1.54) is 12.1 Å². The van der Waals surface area contributed by atoms with Crippen LogP contribution in [0.15, 0.2) is 36.4 Å². The van der Waals surface area contributed by atoms with Gasteiger partial charge in [-0.3, -0.25) is 0 Å². The SMILES string of the molecule is CCNCc1cc(F)c(OCc2ccc(Cl)cc2)c(F)c1. The Kier molecular flexibility index (Phi) is 5.53. The van der Waals surface area contributed by atoms with Gasteiger partial charge in [0.25, 0.3) is 0 Å². The molecule has 2 rings (SSSR count). The first-order valence-corrected chi connectivity index (χ1v) is 7.04. The van der Waals surface area contributed by atoms with Crippen LogP contribution in [-0.4, -0.2) is 6.54 Å². The van der Waals surface area contributed by atoms with Crippen LogP contribution in [0.2, 0.25) is 5.02 Å². The Labute approximate surface area is 127 Å². The number of halogens is 3. The van der Waals surface area contributed by atoms with E-state index < -0.39 is 11.6 Å². The third-order valence-electron chi connectivity index (χ3n) is 2.93. The van der Waals surface area contributed by atoms with E-state index in [2.05, 4.69) is 5.32 Å². The van der Waals surface area contributed by atoms with Crippen LogP contribution in [0.5, 0.6) is 5.75 Å². The third-order valence-corrected chi connectivity index (χ3v) is 3.19. The fourth-order valence-corrected chi connectivity index (χ4v) is 1.98. The fraction of sp³-hybridized carbons (Fsp3) is 0.250. The van der Waals surface area contributed by atoms with Crippen molar-refractivity contribution < 1.29 is 13.5 Å². The van der Waals surface area contributed by atoms with Gasteiger partial charge in [-0.2, -0.15) is 0 Å². The van der Waals surface area contributed by atoms with Crippen LogP contribution < -0.4 is 10.1 Å². The molecule has 21 heavy (non-hydrogen) atoms. The molecule has 0 aliphatic heterocycles. The van der Waals surface area contributed by atoms with Crippen molar-refractivity contribution in [2.45, 2.75) is 20.1 Å². The van der Waals surface area contributed by atoms with Crippen LogP contribution in [0, 0.1) is 11.6 Å². The number of nitrogens with one attached hydrogen (secondary N) is 1. The van der Waals surface area contributed by atoms with Crippen molar-refractivity contribution in [2.75, 3.05) is 6.54 Å². The van der Waals surface area contributed by atoms with Gasteiger partial charge >= 0.3 is 0 Å². The van der Waals surface area contributed by atoms with Crippen molar-refractivity contribution in [3.05, 3.63) is 64.2 Å². The zero-order chi connectivity index (χ0) is 15.2. The third kappa shape index (κ3) is 4.41. The first-order valence-electron chi connectivity index (χ1n) is 6.66. The summed E-state index contributed by atoms with van der Waals surface area (Å²) in [5, 5.41) is 3.62. The summed E-state index contributed by atoms with van der Waals surface area (Å²) in [7, 11) is 0. The zero-order valence-electron chi connectivity index (χ0n) is 11.6. The number of hydrogen-bond donors (Lipinski definition) is 1. The van der Waals surface area contributed by atoms with Crippen LogP contribution in [0.4, 0.5) is 8.78 Å². The Hall–Kier alpha value is -1.65. The molecule has 0 aliphatic carbocycles. The maximum absolute atomic E-state index is 13.9. The molecular weight excluding hydrogens is 296 g/mol. The molecule has 0 aliphatic rings. The smallest absolute Gasteiger partial charge is 0.191 e. The van der Waals surface area contributed by atoms with Gasteiger partial charge in [-0.15, -0.1) is 0 Å². The Morgan fingerprint density at radius 2 is 1.67 bits per heavy atom. The summed E-state index contributed by atoms with van der Waals surface area (Å²) in [5.41, 5.74) is 1.33. The normalized spacial score (nSPS) is 10.7. The van der Waals surface area contributed by atoms with Crippen molar-refractivity contribution in [3.8, 4) is 5.75 Å². The van der Waals surface area contributed by atoms with Crippen LogP contribution in [0.3, 0.4) is 0 Å². The van der Waals surface area contributed by atoms with Crippen molar-refractivity contribution in [1.82, 2.24) is 5.32 Å². The molecular formula is C16H16ClF2NO. The van der Waals surface area contributed by atoms with Gasteiger partial charge in [-0.25, -0.2) is 8.78 Å². The summed E-state index contributed by atoms with van der Waals surface area (Å²) in [4.78, 5) is 0. The Bertz CT molecular complexity index is 579. The van der Waals surface area contributed by atoms with E-state index >= 15 is 0 Å². The van der Waals surface area contributed by atoms with Gasteiger partial charge in [-0.05, 0) is 41.9 Å². The summed E-state index contributed by atoms with van der Waals surface area (Å²) in [6, 6.07) is 9.46. The van der Waals surface area contributed by atoms with E-state index in [-0.39, 0.29) is 12.4 Å². The quantitative estimate of drug-likeness (QED) is 0.858. The highest BCUT2D eigenvalue weighted by Gasteiger charge is 2.12. The lowest BCUT2D eigenvalue weighted by molar-refractivity contribution is 0.273. The van der Waals surface area contributed by atoms with Crippen molar-refractivity contribution in [2.24, 2.45) is 0 Å². The fourth-order valence-electron chi connectivity index (χ4n) is 1.86. The monoisotopic (exact) mass is 311 g/mol. The molecule has 1 N–H and O–H groups in total. The molecule has 0 amide bonds. The molecule has 2 aromatic rings. The Morgan fingerprint density at radius 3 is 2.24 bits per heavy atom. The maximum Gasteiger partial charge on any atom is 0.191 e. The highest BCUT2D eigenvalue weighted by atomic mass is 35.5. The molecule has 0 bridgehead atoms. The average molecular weight is 312 g/mol. The molecule has 0 spiro atoms. The van der Waals surface area contributed by atoms with Gasteiger partial charge < -0.3 is 10.1 Å². The number of ether oxygens (including phenoxy) is 1. The summed E-state index contributed by atoms with van der Waals surface area (Å²) < 4.78 is 33.0. The molecule has 112 valence electrons. The second kappa shape index (κ2) is 7.38. The van der Waals surface area contributed by atoms with E-state index in [1.54, 1.807) is 24.3 Å². The maximum atomic E-state index is 13.9. The van der Waals surface area contributed by atoms with Crippen molar-refractivity contribution in [1.29, 1.82) is 0 Å². The lowest BCUT2D eigenvalue weighted by atomic mass is 10.2. The molecule has 2 aromatic carbocycles. The summed E-state index contributed by atoms with van der Waals surface area (Å²) in [6.45, 7) is 3.16. The minimum absolute atomic E-state index is 0.0809. The minimum Gasteiger partial charge on any atom is -0.483 e. The van der Waals surface area contributed by atoms with Gasteiger partial charge in [0.2, 0.25) is 0 Å². The van der Waals surface area contributed by atoms with Crippen molar-refractivity contribution >= 4 is 11.6 Å². The summed E-state index contributed by atoms with van der Waals surface area (Å²) >= 11 is 5.77. The van der Waals surface area contributed by atoms with E-state index in [0.29, 0.717) is 17.1 Å². The van der Waals surface area contributed by atoms with Crippen LogP contribution in [-0.2, 0) is 13.2 Å². The lowest BCUT2D eigenvalue weighted by Crippen LogP contribution is -2.12. The van der Waals surface area contributed by atoms with Gasteiger partial charge in [0.15, 0.2) is 17.4 Å². The lowest BCUT2D eigenvalue weighted by Gasteiger charge is -2.10. The highest BCUT2D eigenvalue weighted by Crippen LogP contribution is 2.24. The zero-order valence-corrected chi connectivity index (χ0v) is 12.4. The second-order valence-corrected chi connectivity index (χ2v) is 5.02. The van der Waals surface area contributed by atoms with Crippen LogP contribution >= 0.6 is 11.6 Å². The number of benzene rings is 2. The Balaban J connectivity index is 2.07.